The Kier molecular flexibility index (Phi) is 4.39. The van der Waals surface area contributed by atoms with Crippen LogP contribution in [0.5, 0.6) is 0 Å². The molecule has 0 fully saturated rings. The van der Waals surface area contributed by atoms with Crippen LogP contribution in [0.15, 0.2) is 78.9 Å². The van der Waals surface area contributed by atoms with Crippen molar-refractivity contribution in [2.24, 2.45) is 0 Å². The highest BCUT2D eigenvalue weighted by atomic mass is 32.1. The monoisotopic (exact) mass is 481 g/mol. The highest BCUT2D eigenvalue weighted by molar-refractivity contribution is 7.20. The van der Waals surface area contributed by atoms with Gasteiger partial charge in [0.25, 0.3) is 0 Å². The maximum absolute atomic E-state index is 3.73. The van der Waals surface area contributed by atoms with E-state index >= 15 is 0 Å². The molecule has 0 atom stereocenters. The molecule has 7 aromatic rings. The lowest BCUT2D eigenvalue weighted by molar-refractivity contribution is 0.685. The Bertz CT molecular complexity index is 1950. The summed E-state index contributed by atoms with van der Waals surface area (Å²) < 4.78 is 0. The summed E-state index contributed by atoms with van der Waals surface area (Å²) in [4.78, 5) is 1.42. The minimum absolute atomic E-state index is 1.06. The number of hydrogen-bond donors (Lipinski definition) is 1. The van der Waals surface area contributed by atoms with Crippen LogP contribution < -0.4 is 5.32 Å². The van der Waals surface area contributed by atoms with Crippen molar-refractivity contribution in [3.8, 4) is 21.6 Å². The quantitative estimate of drug-likeness (QED) is 0.141. The van der Waals surface area contributed by atoms with E-state index in [9.17, 15) is 0 Å². The Labute approximate surface area is 214 Å². The highest BCUT2D eigenvalue weighted by Crippen LogP contribution is 2.58. The summed E-state index contributed by atoms with van der Waals surface area (Å²) in [7, 11) is 0. The summed E-state index contributed by atoms with van der Waals surface area (Å²) in [6.07, 6.45) is 5.15. The van der Waals surface area contributed by atoms with Gasteiger partial charge in [0.15, 0.2) is 0 Å². The fourth-order valence-corrected chi connectivity index (χ4v) is 7.81. The van der Waals surface area contributed by atoms with Crippen LogP contribution in [0.2, 0.25) is 0 Å². The molecule has 6 aromatic carbocycles. The molecular formula is C34H27NS. The zero-order chi connectivity index (χ0) is 23.8. The van der Waals surface area contributed by atoms with Gasteiger partial charge >= 0.3 is 0 Å². The van der Waals surface area contributed by atoms with Crippen LogP contribution in [0.25, 0.3) is 75.4 Å². The van der Waals surface area contributed by atoms with Gasteiger partial charge in [0.05, 0.1) is 5.00 Å². The molecule has 2 heteroatoms. The Hall–Kier alpha value is -3.62. The number of benzene rings is 6. The maximum Gasteiger partial charge on any atom is 0.0895 e. The van der Waals surface area contributed by atoms with E-state index in [1.54, 1.807) is 0 Å². The van der Waals surface area contributed by atoms with E-state index in [4.69, 9.17) is 0 Å². The topological polar surface area (TPSA) is 12.0 Å². The predicted octanol–water partition coefficient (Wildman–Crippen LogP) is 10.6. The lowest BCUT2D eigenvalue weighted by Gasteiger charge is -2.18. The molecule has 174 valence electrons. The van der Waals surface area contributed by atoms with E-state index in [0.29, 0.717) is 0 Å². The maximum atomic E-state index is 3.73. The molecular weight excluding hydrogens is 454 g/mol. The summed E-state index contributed by atoms with van der Waals surface area (Å²) in [5.74, 6) is 0. The molecule has 0 spiro atoms. The third-order valence-electron chi connectivity index (χ3n) is 8.21. The van der Waals surface area contributed by atoms with E-state index in [2.05, 4.69) is 91.1 Å². The van der Waals surface area contributed by atoms with E-state index < -0.39 is 0 Å². The van der Waals surface area contributed by atoms with Gasteiger partial charge in [0.1, 0.15) is 0 Å². The van der Waals surface area contributed by atoms with Crippen molar-refractivity contribution in [3.05, 3.63) is 78.9 Å². The van der Waals surface area contributed by atoms with Gasteiger partial charge in [-0.05, 0) is 66.5 Å². The van der Waals surface area contributed by atoms with Gasteiger partial charge < -0.3 is 5.32 Å². The first-order chi connectivity index (χ1) is 17.8. The first-order valence-corrected chi connectivity index (χ1v) is 14.1. The molecule has 1 nitrogen and oxygen atoms in total. The van der Waals surface area contributed by atoms with Gasteiger partial charge in [-0.15, -0.1) is 11.3 Å². The number of anilines is 1. The smallest absolute Gasteiger partial charge is 0.0895 e. The van der Waals surface area contributed by atoms with Crippen molar-refractivity contribution in [1.29, 1.82) is 0 Å². The molecule has 1 aromatic heterocycles. The van der Waals surface area contributed by atoms with E-state index in [0.717, 1.165) is 6.54 Å². The number of rotatable bonds is 6. The van der Waals surface area contributed by atoms with E-state index in [1.807, 2.05) is 11.3 Å². The van der Waals surface area contributed by atoms with Gasteiger partial charge in [-0.2, -0.15) is 0 Å². The van der Waals surface area contributed by atoms with Crippen LogP contribution in [0, 0.1) is 0 Å². The summed E-state index contributed by atoms with van der Waals surface area (Å²) in [6.45, 7) is 3.33. The largest absolute Gasteiger partial charge is 0.377 e. The number of fused-ring (bicyclic) bond motifs is 8. The van der Waals surface area contributed by atoms with Crippen molar-refractivity contribution in [3.63, 3.8) is 0 Å². The first kappa shape index (κ1) is 20.6. The second-order valence-electron chi connectivity index (χ2n) is 10.3. The highest BCUT2D eigenvalue weighted by Gasteiger charge is 2.29. The molecule has 0 aliphatic heterocycles. The Morgan fingerprint density at radius 1 is 0.611 bits per heavy atom. The first-order valence-electron chi connectivity index (χ1n) is 13.3. The van der Waals surface area contributed by atoms with Crippen molar-refractivity contribution in [2.45, 2.75) is 32.6 Å². The lowest BCUT2D eigenvalue weighted by atomic mass is 9.84. The van der Waals surface area contributed by atoms with Crippen LogP contribution >= 0.6 is 11.3 Å². The van der Waals surface area contributed by atoms with Crippen LogP contribution in [0.4, 0.5) is 5.00 Å². The molecule has 36 heavy (non-hydrogen) atoms. The van der Waals surface area contributed by atoms with Gasteiger partial charge in [-0.1, -0.05) is 99.0 Å². The Balaban J connectivity index is 1.45. The van der Waals surface area contributed by atoms with E-state index in [1.165, 1.54) is 106 Å². The second-order valence-corrected chi connectivity index (χ2v) is 11.3. The molecule has 8 rings (SSSR count). The van der Waals surface area contributed by atoms with Crippen molar-refractivity contribution >= 4 is 70.2 Å². The number of thiophene rings is 1. The molecule has 1 N–H and O–H groups in total. The summed E-state index contributed by atoms with van der Waals surface area (Å²) in [5.41, 5.74) is 4.24. The Morgan fingerprint density at radius 2 is 1.36 bits per heavy atom. The average Bonchev–Trinajstić information content (AvgIpc) is 3.46. The van der Waals surface area contributed by atoms with Crippen LogP contribution in [-0.2, 0) is 0 Å². The van der Waals surface area contributed by atoms with Crippen LogP contribution in [0.1, 0.15) is 32.6 Å². The van der Waals surface area contributed by atoms with Gasteiger partial charge in [0, 0.05) is 27.9 Å². The molecule has 1 aliphatic rings. The van der Waals surface area contributed by atoms with Crippen molar-refractivity contribution in [1.82, 2.24) is 0 Å². The molecule has 1 heterocycles. The summed E-state index contributed by atoms with van der Waals surface area (Å²) in [5, 5.41) is 18.9. The summed E-state index contributed by atoms with van der Waals surface area (Å²) >= 11 is 1.93. The average molecular weight is 482 g/mol. The molecule has 0 radical (unpaired) electrons. The fourth-order valence-electron chi connectivity index (χ4n) is 6.68. The standard InChI is InChI=1S/C34H27NS/c1-2-3-4-7-18-35-28-19-27-31-23-13-6-5-12-22(23)30-25-15-9-11-20-10-8-14-21(29(20)25)24-16-17-26(34(27)36-28)33(31)32(24)30/h5-6,8-17,19,35H,2-4,7,18H2,1H3. The molecule has 1 aliphatic carbocycles. The number of hydrogen-bond acceptors (Lipinski definition) is 2. The fraction of sp³-hybridized carbons (Fsp3) is 0.176. The predicted molar refractivity (Wildman–Crippen MR) is 160 cm³/mol. The second kappa shape index (κ2) is 7.69. The van der Waals surface area contributed by atoms with Crippen molar-refractivity contribution in [2.75, 3.05) is 11.9 Å². The third kappa shape index (κ3) is 2.66. The van der Waals surface area contributed by atoms with Crippen LogP contribution in [0.3, 0.4) is 0 Å². The van der Waals surface area contributed by atoms with Gasteiger partial charge in [-0.25, -0.2) is 0 Å². The van der Waals surface area contributed by atoms with E-state index in [-0.39, 0.29) is 0 Å². The third-order valence-corrected chi connectivity index (χ3v) is 9.34. The van der Waals surface area contributed by atoms with Crippen molar-refractivity contribution < 1.29 is 0 Å². The normalized spacial score (nSPS) is 12.6. The minimum Gasteiger partial charge on any atom is -0.377 e. The lowest BCUT2D eigenvalue weighted by Crippen LogP contribution is -1.99. The number of nitrogens with one attached hydrogen (secondary N) is 1. The SMILES string of the molecule is CCCCCCNc1cc2c(s1)-c1ccc3c4cccc5cccc(c54)c4c5ccccc5c-2c1c34. The van der Waals surface area contributed by atoms with Crippen LogP contribution in [-0.4, -0.2) is 6.54 Å². The molecule has 0 saturated carbocycles. The van der Waals surface area contributed by atoms with Gasteiger partial charge in [0.2, 0.25) is 0 Å². The molecule has 0 amide bonds. The molecule has 0 unspecified atom stereocenters. The zero-order valence-corrected chi connectivity index (χ0v) is 21.3. The zero-order valence-electron chi connectivity index (χ0n) is 20.4. The van der Waals surface area contributed by atoms with Gasteiger partial charge in [-0.3, -0.25) is 0 Å². The molecule has 0 bridgehead atoms. The minimum atomic E-state index is 1.06. The molecule has 0 saturated heterocycles. The Morgan fingerprint density at radius 3 is 2.22 bits per heavy atom. The summed E-state index contributed by atoms with van der Waals surface area (Å²) in [6, 6.07) is 29.8. The number of unbranched alkanes of at least 4 members (excludes halogenated alkanes) is 3.